The van der Waals surface area contributed by atoms with Crippen LogP contribution in [0.1, 0.15) is 34.6 Å². The smallest absolute Gasteiger partial charge is 0.192 e. The van der Waals surface area contributed by atoms with E-state index in [1.807, 2.05) is 6.92 Å². The highest BCUT2D eigenvalue weighted by molar-refractivity contribution is 6.74. The van der Waals surface area contributed by atoms with Crippen molar-refractivity contribution in [3.8, 4) is 0 Å². The van der Waals surface area contributed by atoms with E-state index in [1.165, 1.54) is 0 Å². The Morgan fingerprint density at radius 1 is 1.39 bits per heavy atom. The number of azide groups is 1. The lowest BCUT2D eigenvalue weighted by Crippen LogP contribution is -2.49. The number of nitrogens with zero attached hydrogens (tertiary/aromatic N) is 3. The zero-order chi connectivity index (χ0) is 18.3. The molecule has 0 bridgehead atoms. The lowest BCUT2D eigenvalue weighted by atomic mass is 9.97. The van der Waals surface area contributed by atoms with Crippen LogP contribution in [0, 0.1) is 5.92 Å². The average Bonchev–Trinajstić information content (AvgIpc) is 2.43. The Bertz CT molecular complexity index is 463. The third-order valence-corrected chi connectivity index (χ3v) is 8.99. The topological polar surface area (TPSA) is 67.2 Å². The number of methoxy groups -OCH3 is 1. The van der Waals surface area contributed by atoms with Crippen molar-refractivity contribution in [3.05, 3.63) is 34.7 Å². The third-order valence-electron chi connectivity index (χ3n) is 4.51. The number of hydrogen-bond donors (Lipinski definition) is 0. The van der Waals surface area contributed by atoms with E-state index in [4.69, 9.17) is 14.7 Å². The molecule has 0 aromatic carbocycles. The van der Waals surface area contributed by atoms with E-state index < -0.39 is 8.32 Å². The van der Waals surface area contributed by atoms with E-state index in [0.29, 0.717) is 6.54 Å². The monoisotopic (exact) mass is 339 g/mol. The molecule has 0 saturated heterocycles. The molecule has 0 aliphatic carbocycles. The van der Waals surface area contributed by atoms with Gasteiger partial charge >= 0.3 is 0 Å². The van der Waals surface area contributed by atoms with E-state index in [1.54, 1.807) is 13.2 Å². The standard InChI is InChI=1S/C17H33N3O2Si/c1-10-15(21-7)16(22-23(8,9)17(4,5)6)14(3)11-13(2)12-19-20-18/h10-11,14-16H,1,12H2,2-9H3/b13-11-/t14?,15-,16-/m0/s1. The predicted octanol–water partition coefficient (Wildman–Crippen LogP) is 5.47. The molecule has 132 valence electrons. The van der Waals surface area contributed by atoms with Crippen molar-refractivity contribution in [1.29, 1.82) is 0 Å². The first-order chi connectivity index (χ1) is 10.5. The Hall–Kier alpha value is -1.07. The normalized spacial score (nSPS) is 17.1. The van der Waals surface area contributed by atoms with Crippen LogP contribution >= 0.6 is 0 Å². The van der Waals surface area contributed by atoms with Gasteiger partial charge in [-0.3, -0.25) is 0 Å². The van der Waals surface area contributed by atoms with Crippen LogP contribution in [0.3, 0.4) is 0 Å². The number of rotatable bonds is 9. The molecule has 0 radical (unpaired) electrons. The van der Waals surface area contributed by atoms with Gasteiger partial charge < -0.3 is 9.16 Å². The summed E-state index contributed by atoms with van der Waals surface area (Å²) < 4.78 is 12.2. The fraction of sp³-hybridized carbons (Fsp3) is 0.765. The molecular formula is C17H33N3O2Si. The highest BCUT2D eigenvalue weighted by Crippen LogP contribution is 2.39. The van der Waals surface area contributed by atoms with Crippen LogP contribution in [0.5, 0.6) is 0 Å². The van der Waals surface area contributed by atoms with E-state index in [9.17, 15) is 0 Å². The number of hydrogen-bond acceptors (Lipinski definition) is 3. The molecule has 0 aromatic rings. The van der Waals surface area contributed by atoms with Crippen molar-refractivity contribution >= 4 is 8.32 Å². The number of ether oxygens (including phenoxy) is 1. The molecule has 0 aromatic heterocycles. The summed E-state index contributed by atoms with van der Waals surface area (Å²) in [5.41, 5.74) is 9.47. The maximum Gasteiger partial charge on any atom is 0.192 e. The maximum absolute atomic E-state index is 8.44. The van der Waals surface area contributed by atoms with Crippen molar-refractivity contribution in [2.45, 2.75) is 65.0 Å². The summed E-state index contributed by atoms with van der Waals surface area (Å²) in [5.74, 6) is 0.126. The molecule has 1 unspecified atom stereocenters. The molecular weight excluding hydrogens is 306 g/mol. The highest BCUT2D eigenvalue weighted by atomic mass is 28.4. The van der Waals surface area contributed by atoms with Gasteiger partial charge in [0.15, 0.2) is 8.32 Å². The van der Waals surface area contributed by atoms with Gasteiger partial charge in [0.25, 0.3) is 0 Å². The molecule has 0 amide bonds. The zero-order valence-corrected chi connectivity index (χ0v) is 17.0. The van der Waals surface area contributed by atoms with Gasteiger partial charge in [0, 0.05) is 24.5 Å². The van der Waals surface area contributed by atoms with Crippen LogP contribution in [-0.4, -0.2) is 34.2 Å². The second kappa shape index (κ2) is 9.28. The average molecular weight is 340 g/mol. The first-order valence-electron chi connectivity index (χ1n) is 8.01. The van der Waals surface area contributed by atoms with Gasteiger partial charge in [-0.25, -0.2) is 0 Å². The molecule has 0 N–H and O–H groups in total. The largest absolute Gasteiger partial charge is 0.410 e. The first kappa shape index (κ1) is 21.9. The van der Waals surface area contributed by atoms with Gasteiger partial charge in [-0.05, 0) is 30.6 Å². The van der Waals surface area contributed by atoms with E-state index in [-0.39, 0.29) is 23.2 Å². The third kappa shape index (κ3) is 6.91. The van der Waals surface area contributed by atoms with Gasteiger partial charge in [-0.2, -0.15) is 0 Å². The first-order valence-corrected chi connectivity index (χ1v) is 10.9. The Kier molecular flexibility index (Phi) is 8.85. The minimum absolute atomic E-state index is 0.112. The molecule has 23 heavy (non-hydrogen) atoms. The van der Waals surface area contributed by atoms with Crippen LogP contribution in [0.2, 0.25) is 18.1 Å². The SMILES string of the molecule is C=C[C@H](OC)[C@@H](O[Si](C)(C)C(C)(C)C)C(C)/C=C(/C)CN=[N+]=[N-]. The molecule has 0 saturated carbocycles. The summed E-state index contributed by atoms with van der Waals surface area (Å²) in [7, 11) is -0.263. The molecule has 6 heteroatoms. The van der Waals surface area contributed by atoms with Gasteiger partial charge in [0.05, 0.1) is 6.10 Å². The van der Waals surface area contributed by atoms with Crippen molar-refractivity contribution in [2.24, 2.45) is 11.0 Å². The van der Waals surface area contributed by atoms with Crippen LogP contribution in [0.15, 0.2) is 29.4 Å². The fourth-order valence-electron chi connectivity index (χ4n) is 2.09. The Morgan fingerprint density at radius 3 is 2.35 bits per heavy atom. The zero-order valence-electron chi connectivity index (χ0n) is 16.0. The van der Waals surface area contributed by atoms with E-state index in [2.05, 4.69) is 63.5 Å². The molecule has 0 rings (SSSR count). The van der Waals surface area contributed by atoms with Crippen LogP contribution in [-0.2, 0) is 9.16 Å². The lowest BCUT2D eigenvalue weighted by Gasteiger charge is -2.42. The maximum atomic E-state index is 8.44. The molecule has 5 nitrogen and oxygen atoms in total. The van der Waals surface area contributed by atoms with E-state index >= 15 is 0 Å². The molecule has 0 aliphatic heterocycles. The molecule has 0 spiro atoms. The van der Waals surface area contributed by atoms with Gasteiger partial charge in [-0.15, -0.1) is 6.58 Å². The quantitative estimate of drug-likeness (QED) is 0.184. The fourth-order valence-corrected chi connectivity index (χ4v) is 3.48. The molecule has 0 heterocycles. The van der Waals surface area contributed by atoms with Crippen molar-refractivity contribution in [2.75, 3.05) is 13.7 Å². The Morgan fingerprint density at radius 2 is 1.96 bits per heavy atom. The van der Waals surface area contributed by atoms with Gasteiger partial charge in [0.2, 0.25) is 0 Å². The van der Waals surface area contributed by atoms with Crippen LogP contribution in [0.25, 0.3) is 10.4 Å². The Balaban J connectivity index is 5.46. The molecule has 0 aliphatic rings. The summed E-state index contributed by atoms with van der Waals surface area (Å²) in [6.45, 7) is 19.5. The second-order valence-electron chi connectivity index (χ2n) is 7.54. The summed E-state index contributed by atoms with van der Waals surface area (Å²) in [4.78, 5) is 2.81. The van der Waals surface area contributed by atoms with Gasteiger partial charge in [-0.1, -0.05) is 50.5 Å². The summed E-state index contributed by atoms with van der Waals surface area (Å²) in [6.07, 6.45) is 3.61. The van der Waals surface area contributed by atoms with Crippen molar-refractivity contribution < 1.29 is 9.16 Å². The molecule has 3 atom stereocenters. The van der Waals surface area contributed by atoms with Crippen molar-refractivity contribution in [3.63, 3.8) is 0 Å². The van der Waals surface area contributed by atoms with Gasteiger partial charge in [0.1, 0.15) is 6.10 Å². The van der Waals surface area contributed by atoms with Crippen molar-refractivity contribution in [1.82, 2.24) is 0 Å². The summed E-state index contributed by atoms with van der Waals surface area (Å²) in [5, 5.41) is 3.73. The minimum atomic E-state index is -1.94. The Labute approximate surface area is 142 Å². The predicted molar refractivity (Wildman–Crippen MR) is 100.0 cm³/mol. The summed E-state index contributed by atoms with van der Waals surface area (Å²) >= 11 is 0. The summed E-state index contributed by atoms with van der Waals surface area (Å²) in [6, 6.07) is 0. The highest BCUT2D eigenvalue weighted by Gasteiger charge is 2.41. The minimum Gasteiger partial charge on any atom is -0.410 e. The second-order valence-corrected chi connectivity index (χ2v) is 12.3. The lowest BCUT2D eigenvalue weighted by molar-refractivity contribution is 0.00599. The van der Waals surface area contributed by atoms with Crippen LogP contribution in [0.4, 0.5) is 0 Å². The van der Waals surface area contributed by atoms with E-state index in [0.717, 1.165) is 5.57 Å². The van der Waals surface area contributed by atoms with Crippen LogP contribution < -0.4 is 0 Å². The molecule has 0 fully saturated rings.